The van der Waals surface area contributed by atoms with E-state index in [1.807, 2.05) is 57.2 Å². The van der Waals surface area contributed by atoms with Crippen molar-refractivity contribution in [2.75, 3.05) is 17.4 Å². The molecular weight excluding hydrogens is 570 g/mol. The highest BCUT2D eigenvalue weighted by atomic mass is 35.5. The summed E-state index contributed by atoms with van der Waals surface area (Å²) in [6.07, 6.45) is 4.96. The van der Waals surface area contributed by atoms with E-state index in [0.717, 1.165) is 46.7 Å². The van der Waals surface area contributed by atoms with Crippen LogP contribution in [0.25, 0.3) is 0 Å². The van der Waals surface area contributed by atoms with Gasteiger partial charge in [-0.3, -0.25) is 13.9 Å². The normalized spacial score (nSPS) is 14.4. The van der Waals surface area contributed by atoms with Crippen LogP contribution < -0.4 is 9.62 Å². The summed E-state index contributed by atoms with van der Waals surface area (Å²) in [4.78, 5) is 29.3. The molecule has 9 heteroatoms. The van der Waals surface area contributed by atoms with Gasteiger partial charge in [0.25, 0.3) is 10.0 Å². The molecule has 224 valence electrons. The monoisotopic (exact) mass is 609 g/mol. The molecule has 0 radical (unpaired) electrons. The van der Waals surface area contributed by atoms with Gasteiger partial charge in [0.2, 0.25) is 11.8 Å². The van der Waals surface area contributed by atoms with Crippen molar-refractivity contribution in [3.63, 3.8) is 0 Å². The van der Waals surface area contributed by atoms with E-state index < -0.39 is 28.5 Å². The highest BCUT2D eigenvalue weighted by Crippen LogP contribution is 2.27. The third kappa shape index (κ3) is 7.72. The minimum atomic E-state index is -4.14. The molecule has 1 saturated carbocycles. The number of amides is 2. The van der Waals surface area contributed by atoms with Gasteiger partial charge in [-0.2, -0.15) is 0 Å². The smallest absolute Gasteiger partial charge is 0.264 e. The average molecular weight is 610 g/mol. The van der Waals surface area contributed by atoms with E-state index in [2.05, 4.69) is 5.32 Å². The quantitative estimate of drug-likeness (QED) is 0.270. The second kappa shape index (κ2) is 14.2. The topological polar surface area (TPSA) is 86.8 Å². The van der Waals surface area contributed by atoms with Crippen LogP contribution in [0.4, 0.5) is 5.69 Å². The van der Waals surface area contributed by atoms with Gasteiger partial charge >= 0.3 is 0 Å². The van der Waals surface area contributed by atoms with Crippen molar-refractivity contribution in [1.82, 2.24) is 10.2 Å². The highest BCUT2D eigenvalue weighted by Gasteiger charge is 2.34. The number of carbonyl (C=O) groups is 2. The molecule has 2 amide bonds. The molecular formula is C33H40ClN3O4S. The molecule has 0 aromatic heterocycles. The lowest BCUT2D eigenvalue weighted by molar-refractivity contribution is -0.139. The summed E-state index contributed by atoms with van der Waals surface area (Å²) in [6, 6.07) is 20.4. The first-order valence-corrected chi connectivity index (χ1v) is 16.4. The molecule has 0 heterocycles. The largest absolute Gasteiger partial charge is 0.352 e. The van der Waals surface area contributed by atoms with E-state index in [9.17, 15) is 18.0 Å². The zero-order chi connectivity index (χ0) is 30.3. The molecule has 0 spiro atoms. The molecule has 1 atom stereocenters. The Labute approximate surface area is 254 Å². The van der Waals surface area contributed by atoms with E-state index in [-0.39, 0.29) is 23.4 Å². The van der Waals surface area contributed by atoms with Gasteiger partial charge in [0.1, 0.15) is 12.6 Å². The van der Waals surface area contributed by atoms with Crippen LogP contribution in [0.5, 0.6) is 0 Å². The van der Waals surface area contributed by atoms with Crippen molar-refractivity contribution < 1.29 is 18.0 Å². The lowest BCUT2D eigenvalue weighted by Gasteiger charge is -2.34. The average Bonchev–Trinajstić information content (AvgIpc) is 3.49. The van der Waals surface area contributed by atoms with E-state index >= 15 is 0 Å². The Balaban J connectivity index is 1.69. The van der Waals surface area contributed by atoms with Crippen molar-refractivity contribution in [2.24, 2.45) is 0 Å². The van der Waals surface area contributed by atoms with Gasteiger partial charge in [-0.05, 0) is 92.6 Å². The highest BCUT2D eigenvalue weighted by molar-refractivity contribution is 7.92. The molecule has 1 fully saturated rings. The van der Waals surface area contributed by atoms with Crippen molar-refractivity contribution in [3.05, 3.63) is 94.5 Å². The summed E-state index contributed by atoms with van der Waals surface area (Å²) in [5.74, 6) is -0.626. The minimum Gasteiger partial charge on any atom is -0.352 e. The van der Waals surface area contributed by atoms with Crippen molar-refractivity contribution in [3.8, 4) is 0 Å². The summed E-state index contributed by atoms with van der Waals surface area (Å²) in [7, 11) is -4.14. The number of sulfonamides is 1. The zero-order valence-corrected chi connectivity index (χ0v) is 26.1. The predicted molar refractivity (Wildman–Crippen MR) is 168 cm³/mol. The molecule has 0 aliphatic heterocycles. The Kier molecular flexibility index (Phi) is 10.7. The first-order valence-electron chi connectivity index (χ1n) is 14.6. The van der Waals surface area contributed by atoms with Crippen LogP contribution in [0, 0.1) is 13.8 Å². The second-order valence-electron chi connectivity index (χ2n) is 11.0. The van der Waals surface area contributed by atoms with E-state index in [1.54, 1.807) is 17.0 Å². The Bertz CT molecular complexity index is 1470. The van der Waals surface area contributed by atoms with Crippen molar-refractivity contribution >= 4 is 39.1 Å². The van der Waals surface area contributed by atoms with Crippen LogP contribution in [0.2, 0.25) is 5.02 Å². The maximum absolute atomic E-state index is 14.2. The maximum Gasteiger partial charge on any atom is 0.264 e. The lowest BCUT2D eigenvalue weighted by atomic mass is 10.1. The summed E-state index contributed by atoms with van der Waals surface area (Å²) < 4.78 is 29.2. The third-order valence-electron chi connectivity index (χ3n) is 8.03. The fourth-order valence-corrected chi connectivity index (χ4v) is 6.94. The van der Waals surface area contributed by atoms with Gasteiger partial charge in [0.15, 0.2) is 0 Å². The number of hydrogen-bond acceptors (Lipinski definition) is 4. The summed E-state index contributed by atoms with van der Waals surface area (Å²) >= 11 is 6.04. The molecule has 1 aliphatic carbocycles. The molecule has 7 nitrogen and oxygen atoms in total. The summed E-state index contributed by atoms with van der Waals surface area (Å²) in [5.41, 5.74) is 3.32. The number of halogens is 1. The number of nitrogens with one attached hydrogen (secondary N) is 1. The zero-order valence-electron chi connectivity index (χ0n) is 24.6. The lowest BCUT2D eigenvalue weighted by Crippen LogP contribution is -2.54. The Morgan fingerprint density at radius 1 is 0.952 bits per heavy atom. The van der Waals surface area contributed by atoms with Gasteiger partial charge in [-0.1, -0.05) is 67.8 Å². The number of rotatable bonds is 12. The fourth-order valence-electron chi connectivity index (χ4n) is 5.41. The number of anilines is 1. The number of benzene rings is 3. The van der Waals surface area contributed by atoms with E-state index in [1.165, 1.54) is 24.3 Å². The van der Waals surface area contributed by atoms with Gasteiger partial charge < -0.3 is 10.2 Å². The SMILES string of the molecule is CCC(C(=O)NC1CCCC1)N(CCc1ccccc1)C(=O)CN(c1ccc(C)c(C)c1)S(=O)(=O)c1ccc(Cl)cc1. The molecule has 4 rings (SSSR count). The molecule has 42 heavy (non-hydrogen) atoms. The molecule has 0 bridgehead atoms. The Hall–Kier alpha value is -3.36. The molecule has 0 saturated heterocycles. The van der Waals surface area contributed by atoms with Crippen LogP contribution in [-0.4, -0.2) is 50.3 Å². The van der Waals surface area contributed by atoms with Crippen LogP contribution >= 0.6 is 11.6 Å². The first-order chi connectivity index (χ1) is 20.1. The van der Waals surface area contributed by atoms with Crippen LogP contribution in [0.1, 0.15) is 55.7 Å². The first kappa shape index (κ1) is 31.6. The van der Waals surface area contributed by atoms with Gasteiger partial charge in [0, 0.05) is 17.6 Å². The molecule has 3 aromatic rings. The number of aryl methyl sites for hydroxylation is 2. The number of hydrogen-bond donors (Lipinski definition) is 1. The second-order valence-corrected chi connectivity index (χ2v) is 13.3. The number of nitrogens with zero attached hydrogens (tertiary/aromatic N) is 2. The molecule has 3 aromatic carbocycles. The van der Waals surface area contributed by atoms with Crippen LogP contribution in [-0.2, 0) is 26.0 Å². The fraction of sp³-hybridized carbons (Fsp3) is 0.394. The summed E-state index contributed by atoms with van der Waals surface area (Å²) in [6.45, 7) is 5.56. The van der Waals surface area contributed by atoms with Crippen LogP contribution in [0.15, 0.2) is 77.7 Å². The minimum absolute atomic E-state index is 0.0276. The molecule has 1 unspecified atom stereocenters. The van der Waals surface area contributed by atoms with Gasteiger partial charge in [0.05, 0.1) is 10.6 Å². The number of carbonyl (C=O) groups excluding carboxylic acids is 2. The Morgan fingerprint density at radius 2 is 1.62 bits per heavy atom. The van der Waals surface area contributed by atoms with E-state index in [0.29, 0.717) is 23.6 Å². The van der Waals surface area contributed by atoms with Gasteiger partial charge in [-0.15, -0.1) is 0 Å². The Morgan fingerprint density at radius 3 is 2.24 bits per heavy atom. The molecule has 1 N–H and O–H groups in total. The standard InChI is InChI=1S/C33H40ClN3O4S/c1-4-31(33(39)35-28-12-8-9-13-28)36(21-20-26-10-6-5-7-11-26)32(38)23-37(29-17-14-24(2)25(3)22-29)42(40,41)30-18-15-27(34)16-19-30/h5-7,10-11,14-19,22,28,31H,4,8-9,12-13,20-21,23H2,1-3H3,(H,35,39). The van der Waals surface area contributed by atoms with Crippen molar-refractivity contribution in [2.45, 2.75) is 76.3 Å². The van der Waals surface area contributed by atoms with E-state index in [4.69, 9.17) is 11.6 Å². The maximum atomic E-state index is 14.2. The predicted octanol–water partition coefficient (Wildman–Crippen LogP) is 6.06. The molecule has 1 aliphatic rings. The summed E-state index contributed by atoms with van der Waals surface area (Å²) in [5, 5.41) is 3.56. The third-order valence-corrected chi connectivity index (χ3v) is 10.1. The van der Waals surface area contributed by atoms with Gasteiger partial charge in [-0.25, -0.2) is 8.42 Å². The van der Waals surface area contributed by atoms with Crippen molar-refractivity contribution in [1.29, 1.82) is 0 Å². The van der Waals surface area contributed by atoms with Crippen LogP contribution in [0.3, 0.4) is 0 Å².